The standard InChI is InChI=1S/C18H28FN4O5P/c1-11(2)23(12(3)4)29(26-10-6-8-20)28-16-13(5)27-17(15(16)19)22-9-7-14(24)21-18(22)25/h7,9,11-13,15-17H,6,10H2,1-5H3,(H,21,24,25)/t13-,15+,16?,17-,29?/m1/s1/i5D. The number of rotatable bonds is 9. The zero-order valence-corrected chi connectivity index (χ0v) is 17.8. The highest BCUT2D eigenvalue weighted by Crippen LogP contribution is 2.50. The summed E-state index contributed by atoms with van der Waals surface area (Å²) in [6.07, 6.45) is -3.88. The molecule has 9 nitrogen and oxygen atoms in total. The van der Waals surface area contributed by atoms with Crippen LogP contribution in [0.15, 0.2) is 21.9 Å². The minimum atomic E-state index is -1.77. The Morgan fingerprint density at radius 3 is 2.69 bits per heavy atom. The molecule has 1 saturated heterocycles. The molecule has 2 heterocycles. The van der Waals surface area contributed by atoms with E-state index >= 15 is 4.39 Å². The Hall–Kier alpha value is -1.63. The molecule has 0 spiro atoms. The van der Waals surface area contributed by atoms with Crippen molar-refractivity contribution in [3.63, 3.8) is 0 Å². The molecule has 2 rings (SSSR count). The summed E-state index contributed by atoms with van der Waals surface area (Å²) in [6.45, 7) is 7.65. The van der Waals surface area contributed by atoms with E-state index in [1.54, 1.807) is 0 Å². The van der Waals surface area contributed by atoms with Crippen molar-refractivity contribution in [3.05, 3.63) is 33.1 Å². The molecule has 0 amide bonds. The van der Waals surface area contributed by atoms with Crippen LogP contribution in [0.25, 0.3) is 0 Å². The van der Waals surface area contributed by atoms with E-state index in [9.17, 15) is 9.59 Å². The number of hydrogen-bond donors (Lipinski definition) is 1. The molecule has 0 saturated carbocycles. The van der Waals surface area contributed by atoms with Gasteiger partial charge in [0.15, 0.2) is 12.4 Å². The SMILES string of the molecule is [2H]C[C@H]1O[C@@H](n2ccc(=O)[nH]c2=O)[C@@H](F)C1OP(OCCC#N)N(C(C)C)C(C)C. The molecule has 1 aliphatic rings. The topological polar surface area (TPSA) is 110 Å². The summed E-state index contributed by atoms with van der Waals surface area (Å²) in [5, 5.41) is 8.81. The largest absolute Gasteiger partial charge is 0.349 e. The first-order valence-corrected chi connectivity index (χ1v) is 10.5. The van der Waals surface area contributed by atoms with Gasteiger partial charge in [0.2, 0.25) is 0 Å². The van der Waals surface area contributed by atoms with Crippen LogP contribution in [0.2, 0.25) is 0 Å². The van der Waals surface area contributed by atoms with E-state index in [1.807, 2.05) is 38.4 Å². The Kier molecular flexibility index (Phi) is 7.92. The van der Waals surface area contributed by atoms with Gasteiger partial charge in [-0.3, -0.25) is 14.3 Å². The summed E-state index contributed by atoms with van der Waals surface area (Å²) in [5.41, 5.74) is -1.41. The molecule has 0 aliphatic carbocycles. The lowest BCUT2D eigenvalue weighted by molar-refractivity contribution is -0.0180. The van der Waals surface area contributed by atoms with Gasteiger partial charge in [-0.15, -0.1) is 0 Å². The molecule has 2 unspecified atom stereocenters. The third kappa shape index (κ3) is 5.71. The van der Waals surface area contributed by atoms with Gasteiger partial charge in [-0.05, 0) is 34.6 Å². The molecule has 1 N–H and O–H groups in total. The summed E-state index contributed by atoms with van der Waals surface area (Å²) in [6, 6.07) is 3.13. The number of H-pyrrole nitrogens is 1. The lowest BCUT2D eigenvalue weighted by Gasteiger charge is -2.37. The van der Waals surface area contributed by atoms with Crippen LogP contribution >= 0.6 is 8.53 Å². The maximum absolute atomic E-state index is 15.4. The second-order valence-corrected chi connectivity index (χ2v) is 8.55. The number of nitrogens with zero attached hydrogens (tertiary/aromatic N) is 3. The molecular weight excluding hydrogens is 402 g/mol. The van der Waals surface area contributed by atoms with E-state index in [0.717, 1.165) is 16.8 Å². The first kappa shape index (κ1) is 22.1. The molecule has 162 valence electrons. The van der Waals surface area contributed by atoms with Crippen LogP contribution in [0.3, 0.4) is 0 Å². The average Bonchev–Trinajstić information content (AvgIpc) is 2.97. The highest BCUT2D eigenvalue weighted by atomic mass is 31.2. The first-order valence-electron chi connectivity index (χ1n) is 10.1. The van der Waals surface area contributed by atoms with Gasteiger partial charge in [0.05, 0.1) is 25.2 Å². The van der Waals surface area contributed by atoms with E-state index in [-0.39, 0.29) is 32.0 Å². The molecule has 1 aromatic rings. The van der Waals surface area contributed by atoms with Crippen molar-refractivity contribution in [2.24, 2.45) is 0 Å². The number of nitrogens with one attached hydrogen (secondary N) is 1. The van der Waals surface area contributed by atoms with Gasteiger partial charge in [-0.2, -0.15) is 5.26 Å². The van der Waals surface area contributed by atoms with E-state index in [4.69, 9.17) is 20.4 Å². The Labute approximate surface area is 171 Å². The minimum absolute atomic E-state index is 0.0191. The summed E-state index contributed by atoms with van der Waals surface area (Å²) in [5.74, 6) is 0. The van der Waals surface area contributed by atoms with E-state index in [0.29, 0.717) is 0 Å². The van der Waals surface area contributed by atoms with Crippen molar-refractivity contribution in [3.8, 4) is 6.07 Å². The molecule has 0 aromatic carbocycles. The summed E-state index contributed by atoms with van der Waals surface area (Å²) >= 11 is 0. The number of halogens is 1. The van der Waals surface area contributed by atoms with Crippen LogP contribution in [0.1, 0.15) is 48.6 Å². The fourth-order valence-electron chi connectivity index (χ4n) is 3.07. The molecular formula is C18H28FN4O5P. The molecule has 1 aliphatic heterocycles. The average molecular weight is 431 g/mol. The number of alkyl halides is 1. The smallest absolute Gasteiger partial charge is 0.330 e. The second-order valence-electron chi connectivity index (χ2n) is 7.14. The van der Waals surface area contributed by atoms with E-state index < -0.39 is 44.4 Å². The van der Waals surface area contributed by atoms with E-state index in [2.05, 4.69) is 4.98 Å². The Morgan fingerprint density at radius 2 is 2.14 bits per heavy atom. The van der Waals surface area contributed by atoms with Gasteiger partial charge in [-0.1, -0.05) is 0 Å². The monoisotopic (exact) mass is 431 g/mol. The summed E-state index contributed by atoms with van der Waals surface area (Å²) in [7, 11) is -1.75. The highest BCUT2D eigenvalue weighted by molar-refractivity contribution is 7.44. The Bertz CT molecular complexity index is 837. The minimum Gasteiger partial charge on any atom is -0.349 e. The zero-order valence-electron chi connectivity index (χ0n) is 17.9. The van der Waals surface area contributed by atoms with Crippen molar-refractivity contribution in [2.45, 2.75) is 77.7 Å². The number of nitriles is 1. The van der Waals surface area contributed by atoms with Gasteiger partial charge >= 0.3 is 5.69 Å². The quantitative estimate of drug-likeness (QED) is 0.472. The van der Waals surface area contributed by atoms with Crippen LogP contribution in [-0.4, -0.2) is 51.3 Å². The maximum Gasteiger partial charge on any atom is 0.330 e. The van der Waals surface area contributed by atoms with Crippen LogP contribution < -0.4 is 11.2 Å². The van der Waals surface area contributed by atoms with Gasteiger partial charge in [0, 0.05) is 25.7 Å². The van der Waals surface area contributed by atoms with Gasteiger partial charge in [0.1, 0.15) is 6.10 Å². The number of aromatic amines is 1. The fraction of sp³-hybridized carbons (Fsp3) is 0.722. The molecule has 5 atom stereocenters. The van der Waals surface area contributed by atoms with Gasteiger partial charge < -0.3 is 13.8 Å². The molecule has 1 fully saturated rings. The maximum atomic E-state index is 15.4. The predicted octanol–water partition coefficient (Wildman–Crippen LogP) is 2.45. The molecule has 1 aromatic heterocycles. The number of hydrogen-bond acceptors (Lipinski definition) is 7. The first-order chi connectivity index (χ1) is 14.2. The van der Waals surface area contributed by atoms with Crippen LogP contribution in [-0.2, 0) is 13.8 Å². The second kappa shape index (κ2) is 10.4. The summed E-state index contributed by atoms with van der Waals surface area (Å²) in [4.78, 5) is 25.4. The molecule has 11 heteroatoms. The van der Waals surface area contributed by atoms with Gasteiger partial charge in [-0.25, -0.2) is 13.9 Å². The van der Waals surface area contributed by atoms with Crippen molar-refractivity contribution in [2.75, 3.05) is 6.61 Å². The molecule has 0 radical (unpaired) electrons. The van der Waals surface area contributed by atoms with Gasteiger partial charge in [0.25, 0.3) is 14.1 Å². The zero-order chi connectivity index (χ0) is 22.4. The van der Waals surface area contributed by atoms with Crippen molar-refractivity contribution >= 4 is 8.53 Å². The number of ether oxygens (including phenoxy) is 1. The third-order valence-corrected chi connectivity index (χ3v) is 6.39. The lowest BCUT2D eigenvalue weighted by Crippen LogP contribution is -2.38. The van der Waals surface area contributed by atoms with Crippen LogP contribution in [0, 0.1) is 11.3 Å². The normalized spacial score (nSPS) is 26.1. The Morgan fingerprint density at radius 1 is 1.45 bits per heavy atom. The van der Waals surface area contributed by atoms with Crippen LogP contribution in [0.5, 0.6) is 0 Å². The van der Waals surface area contributed by atoms with E-state index in [1.165, 1.54) is 0 Å². The third-order valence-electron chi connectivity index (χ3n) is 4.27. The molecule has 29 heavy (non-hydrogen) atoms. The Balaban J connectivity index is 2.29. The summed E-state index contributed by atoms with van der Waals surface area (Å²) < 4.78 is 43.4. The fourth-order valence-corrected chi connectivity index (χ4v) is 4.84. The van der Waals surface area contributed by atoms with Crippen molar-refractivity contribution in [1.82, 2.24) is 14.2 Å². The predicted molar refractivity (Wildman–Crippen MR) is 106 cm³/mol. The van der Waals surface area contributed by atoms with Crippen molar-refractivity contribution < 1.29 is 19.5 Å². The lowest BCUT2D eigenvalue weighted by atomic mass is 10.2. The molecule has 0 bridgehead atoms. The number of aromatic nitrogens is 2. The highest BCUT2D eigenvalue weighted by Gasteiger charge is 2.47. The van der Waals surface area contributed by atoms with Crippen LogP contribution in [0.4, 0.5) is 4.39 Å². The van der Waals surface area contributed by atoms with Crippen molar-refractivity contribution in [1.29, 1.82) is 5.26 Å².